The van der Waals surface area contributed by atoms with Crippen LogP contribution in [-0.4, -0.2) is 101 Å². The van der Waals surface area contributed by atoms with E-state index in [2.05, 4.69) is 0 Å². The maximum absolute atomic E-state index is 14.3. The minimum Gasteiger partial charge on any atom is -0.469 e. The molecule has 14 heteroatoms. The van der Waals surface area contributed by atoms with Crippen molar-refractivity contribution in [3.63, 3.8) is 0 Å². The fourth-order valence-corrected chi connectivity index (χ4v) is 13.8. The van der Waals surface area contributed by atoms with Crippen LogP contribution in [0.25, 0.3) is 0 Å². The number of hydrogen-bond acceptors (Lipinski definition) is 14. The molecule has 0 spiro atoms. The number of epoxide rings is 2. The lowest BCUT2D eigenvalue weighted by Crippen LogP contribution is -2.78. The fourth-order valence-electron chi connectivity index (χ4n) is 13.8. The van der Waals surface area contributed by atoms with Crippen molar-refractivity contribution in [2.75, 3.05) is 42.7 Å². The van der Waals surface area contributed by atoms with Crippen molar-refractivity contribution in [2.45, 2.75) is 22.4 Å². The molecule has 8 bridgehead atoms. The molecule has 0 aromatic carbocycles. The number of carbonyl (C=O) groups is 6. The van der Waals surface area contributed by atoms with E-state index in [1.54, 1.807) is 0 Å². The van der Waals surface area contributed by atoms with Crippen molar-refractivity contribution in [1.29, 1.82) is 0 Å². The zero-order valence-electron chi connectivity index (χ0n) is 23.5. The van der Waals surface area contributed by atoms with Crippen LogP contribution in [0.3, 0.4) is 0 Å². The van der Waals surface area contributed by atoms with Gasteiger partial charge in [0, 0.05) is 23.7 Å². The third-order valence-electron chi connectivity index (χ3n) is 13.8. The second-order valence-electron chi connectivity index (χ2n) is 13.2. The zero-order chi connectivity index (χ0) is 29.9. The molecular formula is C28H28O14. The first-order valence-electron chi connectivity index (χ1n) is 13.9. The molecule has 2 heterocycles. The first-order chi connectivity index (χ1) is 20.0. The molecule has 0 aromatic heterocycles. The smallest absolute Gasteiger partial charge is 0.342 e. The average molecular weight is 589 g/mol. The Bertz CT molecular complexity index is 1310. The second kappa shape index (κ2) is 6.47. The summed E-state index contributed by atoms with van der Waals surface area (Å²) in [7, 11) is 7.23. The minimum absolute atomic E-state index is 0.331. The highest BCUT2D eigenvalue weighted by Crippen LogP contribution is 3.04. The Kier molecular flexibility index (Phi) is 3.89. The van der Waals surface area contributed by atoms with E-state index in [4.69, 9.17) is 37.9 Å². The van der Waals surface area contributed by atoms with E-state index in [1.165, 1.54) is 42.7 Å². The molecule has 0 amide bonds. The fraction of sp³-hybridized carbons (Fsp3) is 0.786. The average Bonchev–Trinajstić information content (AvgIpc) is 3.31. The maximum atomic E-state index is 14.3. The van der Waals surface area contributed by atoms with E-state index in [1.807, 2.05) is 0 Å². The van der Waals surface area contributed by atoms with Gasteiger partial charge >= 0.3 is 35.8 Å². The Morgan fingerprint density at radius 2 is 0.595 bits per heavy atom. The summed E-state index contributed by atoms with van der Waals surface area (Å²) in [6.07, 6.45) is 0. The Balaban J connectivity index is 1.30. The molecule has 0 aromatic rings. The van der Waals surface area contributed by atoms with E-state index >= 15 is 0 Å². The van der Waals surface area contributed by atoms with E-state index in [0.717, 1.165) is 0 Å². The number of ether oxygens (including phenoxy) is 8. The molecule has 4 unspecified atom stereocenters. The molecule has 224 valence electrons. The summed E-state index contributed by atoms with van der Waals surface area (Å²) in [6.45, 7) is 0. The summed E-state index contributed by atoms with van der Waals surface area (Å²) < 4.78 is 43.6. The van der Waals surface area contributed by atoms with Crippen molar-refractivity contribution < 1.29 is 66.7 Å². The van der Waals surface area contributed by atoms with Gasteiger partial charge in [0.25, 0.3) is 0 Å². The standard InChI is InChI=1S/C28H28O14/c1-35-17(29)23-9-7-8-10(23)14-16(28(22(34)40-6)26(14,42-28)20(32)38-4)12(8)24(23,18(30)36-2)11(7)15-13(9)25(19(31)37-3)27(15,41-25)21(33)39-5/h7-16H,1-6H3/t7?,8?,9-,10+,11+,12-,13+,14-,15-,16+,23?,24?,25+,26-,27-,28+. The second-order valence-corrected chi connectivity index (χ2v) is 13.2. The van der Waals surface area contributed by atoms with E-state index in [0.29, 0.717) is 0 Å². The van der Waals surface area contributed by atoms with E-state index in [-0.39, 0.29) is 11.8 Å². The topological polar surface area (TPSA) is 183 Å². The minimum atomic E-state index is -1.67. The molecule has 0 radical (unpaired) electrons. The van der Waals surface area contributed by atoms with E-state index < -0.39 is 116 Å². The third kappa shape index (κ3) is 1.59. The summed E-state index contributed by atoms with van der Waals surface area (Å²) in [5, 5.41) is 0. The van der Waals surface area contributed by atoms with Gasteiger partial charge in [0.2, 0.25) is 22.4 Å². The normalized spacial score (nSPS) is 58.7. The molecule has 2 aliphatic heterocycles. The van der Waals surface area contributed by atoms with Crippen LogP contribution in [0.1, 0.15) is 0 Å². The van der Waals surface area contributed by atoms with Gasteiger partial charge < -0.3 is 37.9 Å². The van der Waals surface area contributed by atoms with Gasteiger partial charge in [-0.2, -0.15) is 0 Å². The van der Waals surface area contributed by atoms with Gasteiger partial charge in [-0.05, 0) is 35.5 Å². The van der Waals surface area contributed by atoms with Gasteiger partial charge in [-0.3, -0.25) is 9.59 Å². The van der Waals surface area contributed by atoms with Crippen LogP contribution in [0.4, 0.5) is 0 Å². The van der Waals surface area contributed by atoms with E-state index in [9.17, 15) is 28.8 Å². The summed E-state index contributed by atoms with van der Waals surface area (Å²) >= 11 is 0. The van der Waals surface area contributed by atoms with Crippen LogP contribution in [0.15, 0.2) is 0 Å². The zero-order valence-corrected chi connectivity index (χ0v) is 23.5. The van der Waals surface area contributed by atoms with Crippen LogP contribution >= 0.6 is 0 Å². The van der Waals surface area contributed by atoms with Crippen LogP contribution in [0.2, 0.25) is 0 Å². The Hall–Kier alpha value is -3.26. The number of fused-ring (bicyclic) bond motifs is 8. The molecule has 42 heavy (non-hydrogen) atoms. The van der Waals surface area contributed by atoms with Crippen molar-refractivity contribution in [3.8, 4) is 0 Å². The highest BCUT2D eigenvalue weighted by atomic mass is 16.7. The monoisotopic (exact) mass is 588 g/mol. The van der Waals surface area contributed by atoms with Gasteiger partial charge in [-0.25, -0.2) is 19.2 Å². The SMILES string of the molecule is COC(=O)C12[C@@H]3C4C5[C@H]([C@H]6[C@@H]([C@H]51)[C@]1(C(=O)OC)O[C@]61C(=O)OC)C2(C(=O)OC)[C@@H]4[C@@H]1[C@H]3[C@@]2(C(=O)OC)O[C@@]12C(=O)OC. The molecule has 10 rings (SSSR count). The molecule has 0 N–H and O–H groups in total. The van der Waals surface area contributed by atoms with Crippen molar-refractivity contribution >= 4 is 35.8 Å². The lowest BCUT2D eigenvalue weighted by Gasteiger charge is -2.64. The molecule has 2 saturated heterocycles. The van der Waals surface area contributed by atoms with Crippen molar-refractivity contribution in [3.05, 3.63) is 0 Å². The van der Waals surface area contributed by atoms with Crippen LogP contribution < -0.4 is 0 Å². The molecule has 8 aliphatic carbocycles. The van der Waals surface area contributed by atoms with Crippen molar-refractivity contribution in [2.24, 2.45) is 70.0 Å². The lowest BCUT2D eigenvalue weighted by molar-refractivity contribution is -0.236. The van der Waals surface area contributed by atoms with Crippen LogP contribution in [0, 0.1) is 70.0 Å². The van der Waals surface area contributed by atoms with Gasteiger partial charge in [-0.1, -0.05) is 0 Å². The van der Waals surface area contributed by atoms with Crippen molar-refractivity contribution in [1.82, 2.24) is 0 Å². The van der Waals surface area contributed by atoms with Crippen LogP contribution in [0.5, 0.6) is 0 Å². The molecule has 16 atom stereocenters. The molecule has 14 nitrogen and oxygen atoms in total. The maximum Gasteiger partial charge on any atom is 0.342 e. The van der Waals surface area contributed by atoms with Crippen LogP contribution in [-0.2, 0) is 66.7 Å². The number of carbonyl (C=O) groups excluding carboxylic acids is 6. The molecular weight excluding hydrogens is 560 g/mol. The number of hydrogen-bond donors (Lipinski definition) is 0. The Labute approximate surface area is 237 Å². The van der Waals surface area contributed by atoms with Gasteiger partial charge in [-0.15, -0.1) is 0 Å². The molecule has 10 fully saturated rings. The predicted molar refractivity (Wildman–Crippen MR) is 125 cm³/mol. The molecule has 10 aliphatic rings. The summed E-state index contributed by atoms with van der Waals surface area (Å²) in [4.78, 5) is 81.9. The summed E-state index contributed by atoms with van der Waals surface area (Å²) in [5.74, 6) is -10.1. The van der Waals surface area contributed by atoms with Gasteiger partial charge in [0.05, 0.1) is 53.5 Å². The van der Waals surface area contributed by atoms with Gasteiger partial charge in [0.15, 0.2) is 0 Å². The highest BCUT2D eigenvalue weighted by Gasteiger charge is 3.15. The van der Waals surface area contributed by atoms with Gasteiger partial charge in [0.1, 0.15) is 0 Å². The number of rotatable bonds is 6. The quantitative estimate of drug-likeness (QED) is 0.194. The number of esters is 6. The Morgan fingerprint density at radius 1 is 0.381 bits per heavy atom. The summed E-state index contributed by atoms with van der Waals surface area (Å²) in [6, 6.07) is 0. The first-order valence-corrected chi connectivity index (χ1v) is 13.9. The Morgan fingerprint density at radius 3 is 0.786 bits per heavy atom. The highest BCUT2D eigenvalue weighted by molar-refractivity contribution is 6.07. The third-order valence-corrected chi connectivity index (χ3v) is 13.8. The predicted octanol–water partition coefficient (Wildman–Crippen LogP) is -1.73. The summed E-state index contributed by atoms with van der Waals surface area (Å²) in [5.41, 5.74) is -9.76. The number of methoxy groups -OCH3 is 6. The first kappa shape index (κ1) is 25.3. The largest absolute Gasteiger partial charge is 0.469 e. The lowest BCUT2D eigenvalue weighted by atomic mass is 9.33. The molecule has 8 saturated carbocycles.